The van der Waals surface area contributed by atoms with Crippen molar-refractivity contribution in [2.45, 2.75) is 25.8 Å². The molecule has 2 aromatic rings. The molecule has 0 unspecified atom stereocenters. The number of aryl methyl sites for hydroxylation is 2. The third-order valence-corrected chi connectivity index (χ3v) is 4.59. The summed E-state index contributed by atoms with van der Waals surface area (Å²) < 4.78 is 1.60. The van der Waals surface area contributed by atoms with Gasteiger partial charge in [0.25, 0.3) is 5.91 Å². The topological polar surface area (TPSA) is 86.8 Å². The quantitative estimate of drug-likeness (QED) is 0.907. The molecule has 0 atom stereocenters. The van der Waals surface area contributed by atoms with Crippen LogP contribution >= 0.6 is 11.6 Å². The Labute approximate surface area is 151 Å². The minimum Gasteiger partial charge on any atom is -0.355 e. The Bertz CT molecular complexity index is 832. The molecule has 1 aliphatic rings. The van der Waals surface area contributed by atoms with Crippen LogP contribution < -0.4 is 10.2 Å². The fourth-order valence-corrected chi connectivity index (χ4v) is 3.33. The van der Waals surface area contributed by atoms with Crippen molar-refractivity contribution in [3.8, 4) is 6.07 Å². The molecule has 1 saturated heterocycles. The fraction of sp³-hybridized carbons (Fsp3) is 0.412. The number of nitrogens with one attached hydrogen (secondary N) is 1. The van der Waals surface area contributed by atoms with Gasteiger partial charge < -0.3 is 10.2 Å². The molecule has 2 aromatic heterocycles. The van der Waals surface area contributed by atoms with Crippen LogP contribution in [0.25, 0.3) is 0 Å². The molecule has 1 aliphatic heterocycles. The summed E-state index contributed by atoms with van der Waals surface area (Å²) in [6, 6.07) is 5.55. The van der Waals surface area contributed by atoms with Crippen LogP contribution in [0.15, 0.2) is 18.3 Å². The average Bonchev–Trinajstić information content (AvgIpc) is 2.94. The summed E-state index contributed by atoms with van der Waals surface area (Å²) in [4.78, 5) is 18.8. The number of hydrogen-bond acceptors (Lipinski definition) is 5. The lowest BCUT2D eigenvalue weighted by atomic mass is 10.0. The van der Waals surface area contributed by atoms with Crippen LogP contribution in [0.5, 0.6) is 0 Å². The highest BCUT2D eigenvalue weighted by Gasteiger charge is 2.24. The summed E-state index contributed by atoms with van der Waals surface area (Å²) in [7, 11) is 1.77. The zero-order valence-corrected chi connectivity index (χ0v) is 14.9. The number of halogens is 1. The summed E-state index contributed by atoms with van der Waals surface area (Å²) in [6.07, 6.45) is 3.14. The molecule has 0 saturated carbocycles. The van der Waals surface area contributed by atoms with Crippen LogP contribution in [0.2, 0.25) is 5.02 Å². The second kappa shape index (κ2) is 7.11. The molecule has 0 bridgehead atoms. The molecule has 1 N–H and O–H groups in total. The van der Waals surface area contributed by atoms with Crippen LogP contribution in [-0.2, 0) is 7.05 Å². The molecule has 0 spiro atoms. The fourth-order valence-electron chi connectivity index (χ4n) is 3.04. The number of hydrogen-bond donors (Lipinski definition) is 1. The van der Waals surface area contributed by atoms with Crippen LogP contribution in [-0.4, -0.2) is 39.8 Å². The lowest BCUT2D eigenvalue weighted by molar-refractivity contribution is 0.0921. The predicted octanol–water partition coefficient (Wildman–Crippen LogP) is 2.05. The number of pyridine rings is 1. The van der Waals surface area contributed by atoms with E-state index >= 15 is 0 Å². The number of carbonyl (C=O) groups is 1. The number of nitrogens with zero attached hydrogens (tertiary/aromatic N) is 5. The maximum absolute atomic E-state index is 12.4. The number of anilines is 1. The molecule has 130 valence electrons. The van der Waals surface area contributed by atoms with Gasteiger partial charge in [-0.3, -0.25) is 9.48 Å². The van der Waals surface area contributed by atoms with Crippen LogP contribution in [0.4, 0.5) is 5.82 Å². The Morgan fingerprint density at radius 2 is 2.12 bits per heavy atom. The van der Waals surface area contributed by atoms with Crippen molar-refractivity contribution >= 4 is 23.3 Å². The normalized spacial score (nSPS) is 15.0. The number of piperidine rings is 1. The second-order valence-electron chi connectivity index (χ2n) is 6.17. The molecule has 25 heavy (non-hydrogen) atoms. The van der Waals surface area contributed by atoms with Gasteiger partial charge in [-0.1, -0.05) is 11.6 Å². The predicted molar refractivity (Wildman–Crippen MR) is 94.6 cm³/mol. The SMILES string of the molecule is Cc1cc(C(=O)NC2CCN(c3ncc(C#N)cc3Cl)CC2)n(C)n1. The zero-order valence-electron chi connectivity index (χ0n) is 14.2. The Balaban J connectivity index is 1.60. The summed E-state index contributed by atoms with van der Waals surface area (Å²) >= 11 is 6.23. The standard InChI is InChI=1S/C17H19ClN6O/c1-11-7-15(23(2)22-11)17(25)21-13-3-5-24(6-4-13)16-14(18)8-12(9-19)10-20-16/h7-8,10,13H,3-6H2,1-2H3,(H,21,25). The van der Waals surface area contributed by atoms with Crippen molar-refractivity contribution in [2.75, 3.05) is 18.0 Å². The van der Waals surface area contributed by atoms with Crippen LogP contribution in [0, 0.1) is 18.3 Å². The summed E-state index contributed by atoms with van der Waals surface area (Å²) in [5.74, 6) is 0.587. The van der Waals surface area contributed by atoms with Crippen LogP contribution in [0.3, 0.4) is 0 Å². The van der Waals surface area contributed by atoms with E-state index in [0.29, 0.717) is 22.1 Å². The minimum absolute atomic E-state index is 0.101. The number of carbonyl (C=O) groups excluding carboxylic acids is 1. The Morgan fingerprint density at radius 1 is 1.40 bits per heavy atom. The highest BCUT2D eigenvalue weighted by Crippen LogP contribution is 2.26. The van der Waals surface area contributed by atoms with Crippen molar-refractivity contribution in [1.29, 1.82) is 5.26 Å². The van der Waals surface area contributed by atoms with E-state index in [2.05, 4.69) is 20.3 Å². The van der Waals surface area contributed by atoms with E-state index in [-0.39, 0.29) is 11.9 Å². The van der Waals surface area contributed by atoms with Crippen molar-refractivity contribution in [1.82, 2.24) is 20.1 Å². The second-order valence-corrected chi connectivity index (χ2v) is 6.58. The Morgan fingerprint density at radius 3 is 2.68 bits per heavy atom. The first-order valence-electron chi connectivity index (χ1n) is 8.10. The van der Waals surface area contributed by atoms with E-state index in [9.17, 15) is 4.79 Å². The maximum Gasteiger partial charge on any atom is 0.269 e. The number of rotatable bonds is 3. The van der Waals surface area contributed by atoms with Gasteiger partial charge in [-0.25, -0.2) is 4.98 Å². The first kappa shape index (κ1) is 17.2. The first-order valence-corrected chi connectivity index (χ1v) is 8.48. The molecule has 7 nitrogen and oxygen atoms in total. The van der Waals surface area contributed by atoms with Gasteiger partial charge in [0, 0.05) is 32.4 Å². The third kappa shape index (κ3) is 3.74. The number of aromatic nitrogens is 3. The monoisotopic (exact) mass is 358 g/mol. The molecule has 3 heterocycles. The smallest absolute Gasteiger partial charge is 0.269 e. The highest BCUT2D eigenvalue weighted by molar-refractivity contribution is 6.33. The van der Waals surface area contributed by atoms with Crippen molar-refractivity contribution in [3.63, 3.8) is 0 Å². The van der Waals surface area contributed by atoms with E-state index in [4.69, 9.17) is 16.9 Å². The van der Waals surface area contributed by atoms with E-state index in [0.717, 1.165) is 31.6 Å². The molecule has 0 radical (unpaired) electrons. The van der Waals surface area contributed by atoms with Crippen molar-refractivity contribution < 1.29 is 4.79 Å². The van der Waals surface area contributed by atoms with E-state index in [1.165, 1.54) is 6.20 Å². The molecule has 1 amide bonds. The van der Waals surface area contributed by atoms with E-state index < -0.39 is 0 Å². The van der Waals surface area contributed by atoms with E-state index in [1.807, 2.05) is 13.0 Å². The van der Waals surface area contributed by atoms with Gasteiger partial charge in [0.15, 0.2) is 0 Å². The molecule has 3 rings (SSSR count). The van der Waals surface area contributed by atoms with Gasteiger partial charge in [-0.15, -0.1) is 0 Å². The Hall–Kier alpha value is -2.59. The number of amides is 1. The first-order chi connectivity index (χ1) is 12.0. The van der Waals surface area contributed by atoms with Crippen LogP contribution in [0.1, 0.15) is 34.6 Å². The number of nitriles is 1. The summed E-state index contributed by atoms with van der Waals surface area (Å²) in [5, 5.41) is 16.6. The van der Waals surface area contributed by atoms with Crippen molar-refractivity contribution in [2.24, 2.45) is 7.05 Å². The van der Waals surface area contributed by atoms with Gasteiger partial charge in [-0.2, -0.15) is 10.4 Å². The summed E-state index contributed by atoms with van der Waals surface area (Å²) in [6.45, 7) is 3.35. The largest absolute Gasteiger partial charge is 0.355 e. The van der Waals surface area contributed by atoms with Gasteiger partial charge in [0.2, 0.25) is 0 Å². The van der Waals surface area contributed by atoms with Gasteiger partial charge in [0.1, 0.15) is 17.6 Å². The molecular formula is C17H19ClN6O. The maximum atomic E-state index is 12.4. The average molecular weight is 359 g/mol. The molecule has 1 fully saturated rings. The molecular weight excluding hydrogens is 340 g/mol. The molecule has 0 aliphatic carbocycles. The van der Waals surface area contributed by atoms with E-state index in [1.54, 1.807) is 23.9 Å². The third-order valence-electron chi connectivity index (χ3n) is 4.32. The van der Waals surface area contributed by atoms with Gasteiger partial charge >= 0.3 is 0 Å². The molecule has 8 heteroatoms. The van der Waals surface area contributed by atoms with Crippen molar-refractivity contribution in [3.05, 3.63) is 40.3 Å². The lowest BCUT2D eigenvalue weighted by Gasteiger charge is -2.33. The van der Waals surface area contributed by atoms with Gasteiger partial charge in [0.05, 0.1) is 16.3 Å². The lowest BCUT2D eigenvalue weighted by Crippen LogP contribution is -2.45. The Kier molecular flexibility index (Phi) is 4.91. The molecule has 0 aromatic carbocycles. The summed E-state index contributed by atoms with van der Waals surface area (Å²) in [5.41, 5.74) is 1.84. The van der Waals surface area contributed by atoms with Gasteiger partial charge in [-0.05, 0) is 31.9 Å². The minimum atomic E-state index is -0.101. The highest BCUT2D eigenvalue weighted by atomic mass is 35.5. The zero-order chi connectivity index (χ0) is 18.0.